The molecule has 0 fully saturated rings. The molecule has 0 spiro atoms. The molecular formula is C8H11ClO3SSi. The summed E-state index contributed by atoms with van der Waals surface area (Å²) >= 11 is 6.15. The lowest BCUT2D eigenvalue weighted by molar-refractivity contribution is 0.483. The van der Waals surface area contributed by atoms with Crippen molar-refractivity contribution in [3.05, 3.63) is 24.3 Å². The molecule has 0 aliphatic heterocycles. The van der Waals surface area contributed by atoms with Crippen LogP contribution >= 0.6 is 11.1 Å². The van der Waals surface area contributed by atoms with Crippen LogP contribution in [0.3, 0.4) is 0 Å². The maximum Gasteiger partial charge on any atom is 0.294 e. The molecule has 1 aromatic carbocycles. The zero-order valence-electron chi connectivity index (χ0n) is 7.86. The standard InChI is InChI=1S/C8H11ClO3SSi/c1-14(2,9)8-5-3-7(4-6-8)13(10,11)12/h3-6H,1-2H3,(H,10,11,12). The Balaban J connectivity index is 3.14. The van der Waals surface area contributed by atoms with Crippen LogP contribution in [0, 0.1) is 0 Å². The lowest BCUT2D eigenvalue weighted by Gasteiger charge is -2.13. The second kappa shape index (κ2) is 3.66. The van der Waals surface area contributed by atoms with Gasteiger partial charge in [-0.3, -0.25) is 4.55 Å². The second-order valence-electron chi connectivity index (χ2n) is 3.47. The van der Waals surface area contributed by atoms with Gasteiger partial charge in [-0.15, -0.1) is 0 Å². The largest absolute Gasteiger partial charge is 0.294 e. The lowest BCUT2D eigenvalue weighted by Crippen LogP contribution is -2.34. The van der Waals surface area contributed by atoms with E-state index in [4.69, 9.17) is 15.6 Å². The average Bonchev–Trinajstić information content (AvgIpc) is 2.01. The van der Waals surface area contributed by atoms with Gasteiger partial charge in [-0.1, -0.05) is 25.2 Å². The zero-order chi connectivity index (χ0) is 11.0. The van der Waals surface area contributed by atoms with Gasteiger partial charge in [-0.05, 0) is 17.3 Å². The van der Waals surface area contributed by atoms with Crippen molar-refractivity contribution in [2.75, 3.05) is 0 Å². The molecular weight excluding hydrogens is 240 g/mol. The minimum Gasteiger partial charge on any atom is -0.282 e. The molecule has 1 rings (SSSR count). The number of halogens is 1. The van der Waals surface area contributed by atoms with Crippen LogP contribution in [0.5, 0.6) is 0 Å². The normalized spacial score (nSPS) is 12.9. The Morgan fingerprint density at radius 3 is 1.93 bits per heavy atom. The molecule has 3 nitrogen and oxygen atoms in total. The van der Waals surface area contributed by atoms with E-state index in [1.807, 2.05) is 13.1 Å². The molecule has 0 atom stereocenters. The molecule has 0 aliphatic carbocycles. The highest BCUT2D eigenvalue weighted by Gasteiger charge is 2.20. The molecule has 78 valence electrons. The summed E-state index contributed by atoms with van der Waals surface area (Å²) in [6, 6.07) is 6.01. The van der Waals surface area contributed by atoms with Crippen LogP contribution in [0.4, 0.5) is 0 Å². The van der Waals surface area contributed by atoms with Crippen LogP contribution in [-0.4, -0.2) is 20.4 Å². The topological polar surface area (TPSA) is 54.4 Å². The van der Waals surface area contributed by atoms with Gasteiger partial charge in [0, 0.05) is 0 Å². The van der Waals surface area contributed by atoms with E-state index in [2.05, 4.69) is 0 Å². The molecule has 0 unspecified atom stereocenters. The van der Waals surface area contributed by atoms with Gasteiger partial charge < -0.3 is 0 Å². The van der Waals surface area contributed by atoms with E-state index in [-0.39, 0.29) is 4.90 Å². The quantitative estimate of drug-likeness (QED) is 0.493. The monoisotopic (exact) mass is 250 g/mol. The number of hydrogen-bond donors (Lipinski definition) is 1. The van der Waals surface area contributed by atoms with Crippen molar-refractivity contribution in [3.8, 4) is 0 Å². The van der Waals surface area contributed by atoms with Crippen LogP contribution < -0.4 is 5.19 Å². The van der Waals surface area contributed by atoms with Crippen LogP contribution in [-0.2, 0) is 10.1 Å². The Kier molecular flexibility index (Phi) is 3.06. The number of hydrogen-bond acceptors (Lipinski definition) is 2. The summed E-state index contributed by atoms with van der Waals surface area (Å²) in [5.74, 6) is 0. The first-order valence-electron chi connectivity index (χ1n) is 3.98. The molecule has 0 amide bonds. The van der Waals surface area contributed by atoms with Crippen LogP contribution in [0.15, 0.2) is 29.2 Å². The SMILES string of the molecule is C[Si](C)(Cl)c1ccc(S(=O)(=O)O)cc1. The van der Waals surface area contributed by atoms with Crippen molar-refractivity contribution in [2.24, 2.45) is 0 Å². The molecule has 1 N–H and O–H groups in total. The summed E-state index contributed by atoms with van der Waals surface area (Å²) in [5, 5.41) is 0.937. The fourth-order valence-electron chi connectivity index (χ4n) is 1.02. The Morgan fingerprint density at radius 2 is 1.64 bits per heavy atom. The van der Waals surface area contributed by atoms with Gasteiger partial charge in [0.15, 0.2) is 7.38 Å². The maximum atomic E-state index is 10.7. The van der Waals surface area contributed by atoms with Crippen LogP contribution in [0.2, 0.25) is 13.1 Å². The average molecular weight is 251 g/mol. The van der Waals surface area contributed by atoms with Crippen molar-refractivity contribution in [3.63, 3.8) is 0 Å². The van der Waals surface area contributed by atoms with Crippen molar-refractivity contribution in [2.45, 2.75) is 18.0 Å². The van der Waals surface area contributed by atoms with Gasteiger partial charge in [-0.25, -0.2) is 0 Å². The number of rotatable bonds is 2. The van der Waals surface area contributed by atoms with Gasteiger partial charge in [-0.2, -0.15) is 19.5 Å². The van der Waals surface area contributed by atoms with E-state index in [0.717, 1.165) is 5.19 Å². The fourth-order valence-corrected chi connectivity index (χ4v) is 2.84. The summed E-state index contributed by atoms with van der Waals surface area (Å²) < 4.78 is 30.2. The predicted molar refractivity (Wildman–Crippen MR) is 59.2 cm³/mol. The van der Waals surface area contributed by atoms with Gasteiger partial charge in [0.1, 0.15) is 0 Å². The van der Waals surface area contributed by atoms with Gasteiger partial charge in [0.25, 0.3) is 10.1 Å². The summed E-state index contributed by atoms with van der Waals surface area (Å²) in [6.45, 7) is 3.88. The third-order valence-electron chi connectivity index (χ3n) is 1.84. The van der Waals surface area contributed by atoms with E-state index in [9.17, 15) is 8.42 Å². The van der Waals surface area contributed by atoms with Crippen molar-refractivity contribution >= 4 is 33.8 Å². The molecule has 0 heterocycles. The lowest BCUT2D eigenvalue weighted by atomic mass is 10.4. The Bertz CT molecular complexity index is 419. The highest BCUT2D eigenvalue weighted by Crippen LogP contribution is 2.11. The molecule has 0 aliphatic rings. The summed E-state index contributed by atoms with van der Waals surface area (Å²) in [5.41, 5.74) is 0. The molecule has 14 heavy (non-hydrogen) atoms. The third-order valence-corrected chi connectivity index (χ3v) is 5.07. The predicted octanol–water partition coefficient (Wildman–Crippen LogP) is 1.58. The van der Waals surface area contributed by atoms with Gasteiger partial charge >= 0.3 is 0 Å². The van der Waals surface area contributed by atoms with Crippen molar-refractivity contribution < 1.29 is 13.0 Å². The molecule has 1 aromatic rings. The third kappa shape index (κ3) is 2.81. The molecule has 0 radical (unpaired) electrons. The van der Waals surface area contributed by atoms with Gasteiger partial charge in [0.2, 0.25) is 0 Å². The summed E-state index contributed by atoms with van der Waals surface area (Å²) in [6.07, 6.45) is 0. The maximum absolute atomic E-state index is 10.7. The Labute approximate surface area is 89.2 Å². The number of benzene rings is 1. The molecule has 0 aromatic heterocycles. The highest BCUT2D eigenvalue weighted by atomic mass is 35.6. The first kappa shape index (κ1) is 11.7. The van der Waals surface area contributed by atoms with Gasteiger partial charge in [0.05, 0.1) is 4.90 Å². The summed E-state index contributed by atoms with van der Waals surface area (Å²) in [7, 11) is -6.01. The van der Waals surface area contributed by atoms with E-state index < -0.39 is 17.5 Å². The first-order valence-corrected chi connectivity index (χ1v) is 9.43. The van der Waals surface area contributed by atoms with E-state index >= 15 is 0 Å². The molecule has 0 saturated carbocycles. The minimum absolute atomic E-state index is 0.101. The van der Waals surface area contributed by atoms with E-state index in [1.54, 1.807) is 12.1 Å². The molecule has 6 heteroatoms. The van der Waals surface area contributed by atoms with E-state index in [0.29, 0.717) is 0 Å². The highest BCUT2D eigenvalue weighted by molar-refractivity contribution is 7.85. The van der Waals surface area contributed by atoms with Crippen LogP contribution in [0.25, 0.3) is 0 Å². The Morgan fingerprint density at radius 1 is 1.21 bits per heavy atom. The van der Waals surface area contributed by atoms with E-state index in [1.165, 1.54) is 12.1 Å². The second-order valence-corrected chi connectivity index (χ2v) is 11.3. The minimum atomic E-state index is -4.09. The first-order chi connectivity index (χ1) is 6.21. The molecule has 0 bridgehead atoms. The zero-order valence-corrected chi connectivity index (χ0v) is 10.4. The van der Waals surface area contributed by atoms with Crippen LogP contribution in [0.1, 0.15) is 0 Å². The summed E-state index contributed by atoms with van der Waals surface area (Å²) in [4.78, 5) is -0.101. The van der Waals surface area contributed by atoms with Crippen molar-refractivity contribution in [1.29, 1.82) is 0 Å². The Hall–Kier alpha value is -0.363. The fraction of sp³-hybridized carbons (Fsp3) is 0.250. The smallest absolute Gasteiger partial charge is 0.282 e. The molecule has 0 saturated heterocycles. The van der Waals surface area contributed by atoms with Crippen molar-refractivity contribution in [1.82, 2.24) is 0 Å².